The first-order valence-corrected chi connectivity index (χ1v) is 31.5. The molecule has 0 aromatic heterocycles. The number of nitrogens with one attached hydrogen (secondary N) is 6. The molecule has 0 aromatic rings. The fraction of sp³-hybridized carbons (Fsp3) is 0.538. The number of hydrogen-bond acceptors (Lipinski definition) is 21. The Balaban J connectivity index is -0.000000167. The summed E-state index contributed by atoms with van der Waals surface area (Å²) in [4.78, 5) is 33.4. The molecule has 0 aliphatic carbocycles. The van der Waals surface area contributed by atoms with Gasteiger partial charge in [0, 0.05) is 0 Å². The van der Waals surface area contributed by atoms with Crippen LogP contribution < -0.4 is 27.7 Å². The van der Waals surface area contributed by atoms with E-state index in [-0.39, 0.29) is 4.86 Å². The standard InChI is InChI=1S/C3H9F2NO4P2.C3H7F2NO4P2.C3H5F2NO4P2.C3H4FNO5S2.CH4FNO5S2.F3H2NO3P2/c1-3(2)10-12(5,9)6-11(4,7)8;2*1-2-3-10-12(5,9)6-11(4,7)8;1-2-3-10-12(8,9)5-11(4,6)7;1-8-10(6,7)3-9(2,4)5;1-8(2,5)4-9(3,6)7/h3H,1-2H3,(H2,6,7,8,9);2H,1,3H2,(H2,6,7,8,9);1H,3H2,(H2,6,7,8,9);1,5H,3H2;3H,1H3;(H2,4,5,6,7). The second-order valence-electron chi connectivity index (χ2n) is 9.11. The van der Waals surface area contributed by atoms with E-state index in [9.17, 15) is 116 Å². The van der Waals surface area contributed by atoms with E-state index >= 15 is 0 Å². The van der Waals surface area contributed by atoms with E-state index in [4.69, 9.17) is 19.6 Å². The van der Waals surface area contributed by atoms with Crippen molar-refractivity contribution in [1.29, 1.82) is 0 Å². The Morgan fingerprint density at radius 3 is 1.12 bits per heavy atom. The van der Waals surface area contributed by atoms with Gasteiger partial charge in [-0.2, -0.15) is 33.7 Å². The zero-order valence-electron chi connectivity index (χ0n) is 31.9. The van der Waals surface area contributed by atoms with Crippen LogP contribution in [0.5, 0.6) is 0 Å². The van der Waals surface area contributed by atoms with Gasteiger partial charge in [0.2, 0.25) is 0 Å². The molecule has 7 unspecified atom stereocenters. The lowest BCUT2D eigenvalue weighted by molar-refractivity contribution is 0.219. The first-order chi connectivity index (χ1) is 28.9. The maximum Gasteiger partial charge on any atom is 0.490 e. The van der Waals surface area contributed by atoms with E-state index in [1.54, 1.807) is 11.8 Å². The second-order valence-corrected chi connectivity index (χ2v) is 26.3. The normalized spacial score (nSPS) is 18.1. The Morgan fingerprint density at radius 2 is 0.896 bits per heavy atom. The van der Waals surface area contributed by atoms with Crippen molar-refractivity contribution in [2.24, 2.45) is 0 Å². The average molecular weight is 1260 g/mol. The van der Waals surface area contributed by atoms with Gasteiger partial charge in [-0.15, -0.1) is 76.6 Å². The van der Waals surface area contributed by atoms with Crippen LogP contribution in [0.25, 0.3) is 0 Å². The molecule has 0 fully saturated rings. The van der Waals surface area contributed by atoms with Crippen molar-refractivity contribution in [3.63, 3.8) is 0 Å². The molecule has 0 aliphatic heterocycles. The van der Waals surface area contributed by atoms with E-state index < -0.39 is 130 Å². The number of hydrogen-bond donors (Lipinski definition) is 10. The molecule has 0 radical (unpaired) electrons. The van der Waals surface area contributed by atoms with Crippen LogP contribution in [0.3, 0.4) is 0 Å². The van der Waals surface area contributed by atoms with E-state index in [2.05, 4.69) is 41.4 Å². The van der Waals surface area contributed by atoms with Crippen LogP contribution in [-0.2, 0) is 99.9 Å². The molecule has 54 heteroatoms. The molecule has 0 rings (SSSR count). The summed E-state index contributed by atoms with van der Waals surface area (Å²) in [5.41, 5.74) is 0. The summed E-state index contributed by atoms with van der Waals surface area (Å²) in [7, 11) is -61.8. The van der Waals surface area contributed by atoms with Gasteiger partial charge in [-0.05, 0) is 13.8 Å². The lowest BCUT2D eigenvalue weighted by Gasteiger charge is -2.12. The third-order valence-electron chi connectivity index (χ3n) is 2.91. The van der Waals surface area contributed by atoms with Gasteiger partial charge in [0.15, 0.2) is 0 Å². The molecule has 10 N–H and O–H groups in total. The van der Waals surface area contributed by atoms with Gasteiger partial charge < -0.3 is 19.6 Å². The van der Waals surface area contributed by atoms with Gasteiger partial charge in [-0.25, -0.2) is 40.7 Å². The lowest BCUT2D eigenvalue weighted by Crippen LogP contribution is -2.29. The van der Waals surface area contributed by atoms with Crippen molar-refractivity contribution >= 4 is 104 Å². The Labute approximate surface area is 372 Å². The molecule has 0 saturated carbocycles. The summed E-state index contributed by atoms with van der Waals surface area (Å²) in [6, 6.07) is 0. The van der Waals surface area contributed by atoms with E-state index in [1.807, 2.05) is 0 Å². The van der Waals surface area contributed by atoms with Gasteiger partial charge in [0.05, 0.1) is 19.8 Å². The topological polar surface area (TPSA) is 472 Å². The Bertz CT molecular complexity index is 2490. The fourth-order valence-corrected chi connectivity index (χ4v) is 10.7. The predicted octanol–water partition coefficient (Wildman–Crippen LogP) is 4.51. The van der Waals surface area contributed by atoms with Gasteiger partial charge in [0.1, 0.15) is 13.2 Å². The van der Waals surface area contributed by atoms with Gasteiger partial charge in [0.25, 0.3) is 0 Å². The molecule has 0 saturated heterocycles. The largest absolute Gasteiger partial charge is 0.490 e. The molecule has 31 nitrogen and oxygen atoms in total. The van der Waals surface area contributed by atoms with Crippen LogP contribution in [0, 0.1) is 24.7 Å². The minimum atomic E-state index is -5.93. The van der Waals surface area contributed by atoms with Crippen LogP contribution in [-0.4, -0.2) is 86.3 Å². The summed E-state index contributed by atoms with van der Waals surface area (Å²) >= 11 is 0. The van der Waals surface area contributed by atoms with Crippen molar-refractivity contribution in [3.8, 4) is 24.7 Å². The summed E-state index contributed by atoms with van der Waals surface area (Å²) in [6.07, 6.45) is 9.44. The van der Waals surface area contributed by atoms with Crippen molar-refractivity contribution < 1.29 is 157 Å². The van der Waals surface area contributed by atoms with Crippen molar-refractivity contribution in [1.82, 2.24) is 27.7 Å². The summed E-state index contributed by atoms with van der Waals surface area (Å²) in [5.74, 6) is 3.49. The zero-order valence-corrected chi connectivity index (χ0v) is 42.3. The Kier molecular flexibility index (Phi) is 37.3. The number of rotatable bonds is 22. The van der Waals surface area contributed by atoms with Crippen molar-refractivity contribution in [3.05, 3.63) is 12.7 Å². The smallest absolute Gasteiger partial charge is 0.309 e. The zero-order chi connectivity index (χ0) is 55.6. The maximum absolute atomic E-state index is 12.5. The van der Waals surface area contributed by atoms with Crippen molar-refractivity contribution in [2.45, 2.75) is 20.0 Å². The summed E-state index contributed by atoms with van der Waals surface area (Å²) < 4.78 is 308. The molecule has 67 heavy (non-hydrogen) atoms. The van der Waals surface area contributed by atoms with Crippen LogP contribution in [0.4, 0.5) is 45.5 Å². The minimum Gasteiger partial charge on any atom is -0.309 e. The fourth-order valence-electron chi connectivity index (χ4n) is 1.62. The summed E-state index contributed by atoms with van der Waals surface area (Å²) in [5, 5.41) is 0. The minimum absolute atomic E-state index is 0.125. The molecule has 0 bridgehead atoms. The number of halogens is 11. The molecule has 404 valence electrons. The summed E-state index contributed by atoms with van der Waals surface area (Å²) in [6.45, 7) is 3.95. The Morgan fingerprint density at radius 1 is 0.582 bits per heavy atom. The third kappa shape index (κ3) is 76.8. The molecular weight excluding hydrogens is 1230 g/mol. The molecule has 0 aliphatic rings. The Hall–Kier alpha value is -0.870. The maximum atomic E-state index is 12.5. The lowest BCUT2D eigenvalue weighted by atomic mass is 10.5. The third-order valence-corrected chi connectivity index (χ3v) is 16.4. The predicted molar refractivity (Wildman–Crippen MR) is 205 cm³/mol. The number of terminal acetylenes is 2. The molecule has 0 spiro atoms. The highest BCUT2D eigenvalue weighted by molar-refractivity contribution is 8.00. The van der Waals surface area contributed by atoms with Crippen molar-refractivity contribution in [2.75, 3.05) is 26.9 Å². The van der Waals surface area contributed by atoms with Crippen LogP contribution in [0.1, 0.15) is 13.8 Å². The molecular formula is C13H31F11N6O25P8S4. The van der Waals surface area contributed by atoms with Crippen LogP contribution in [0.15, 0.2) is 12.7 Å². The highest BCUT2D eigenvalue weighted by Crippen LogP contribution is 2.58. The SMILES string of the molecule is C#CCOP(=O)(F)NP(=O)(O)F.C#CCOS(=O)(=O)NS(=O)(=O)F.C=CCOP(=O)(F)NP(=O)(O)F.CC(C)OP(=O)(F)NP(=O)(O)F.COS(=O)(=O)NS(=O)(=O)F.O=P(O)(F)NP(=O)(F)F. The molecule has 7 atom stereocenters. The first-order valence-electron chi connectivity index (χ1n) is 13.7. The van der Waals surface area contributed by atoms with E-state index in [1.165, 1.54) is 13.8 Å². The second kappa shape index (κ2) is 32.3. The van der Waals surface area contributed by atoms with Crippen LogP contribution in [0.2, 0.25) is 0 Å². The average Bonchev–Trinajstić information content (AvgIpc) is 2.95. The van der Waals surface area contributed by atoms with Gasteiger partial charge in [-0.1, -0.05) is 33.9 Å². The van der Waals surface area contributed by atoms with E-state index in [0.717, 1.165) is 10.9 Å². The van der Waals surface area contributed by atoms with Gasteiger partial charge in [-0.3, -0.25) is 17.8 Å². The highest BCUT2D eigenvalue weighted by Gasteiger charge is 2.35. The highest BCUT2D eigenvalue weighted by atomic mass is 32.3. The quantitative estimate of drug-likeness (QED) is 0.0234. The molecule has 0 heterocycles. The van der Waals surface area contributed by atoms with Gasteiger partial charge >= 0.3 is 104 Å². The molecule has 0 amide bonds. The van der Waals surface area contributed by atoms with Crippen LogP contribution >= 0.6 is 62.7 Å². The monoisotopic (exact) mass is 1260 g/mol. The molecule has 0 aromatic carbocycles. The van der Waals surface area contributed by atoms with E-state index in [0.29, 0.717) is 25.1 Å². The first kappa shape index (κ1) is 77.6.